The van der Waals surface area contributed by atoms with Gasteiger partial charge in [-0.25, -0.2) is 9.69 Å². The molecular formula is C24H26N4O4. The molecule has 4 amide bonds. The first kappa shape index (κ1) is 20.5. The Kier molecular flexibility index (Phi) is 4.89. The van der Waals surface area contributed by atoms with Crippen LogP contribution in [-0.4, -0.2) is 62.1 Å². The molecule has 2 aromatic rings. The van der Waals surface area contributed by atoms with Crippen LogP contribution in [-0.2, 0) is 16.0 Å². The number of likely N-dealkylation sites (N-methyl/N-ethyl adjacent to an activating group) is 1. The quantitative estimate of drug-likeness (QED) is 0.745. The first-order valence-corrected chi connectivity index (χ1v) is 10.9. The van der Waals surface area contributed by atoms with E-state index in [1.165, 1.54) is 0 Å². The van der Waals surface area contributed by atoms with Crippen LogP contribution < -0.4 is 19.9 Å². The van der Waals surface area contributed by atoms with Gasteiger partial charge in [0.2, 0.25) is 5.91 Å². The van der Waals surface area contributed by atoms with Crippen molar-refractivity contribution in [1.82, 2.24) is 10.2 Å². The Morgan fingerprint density at radius 3 is 2.53 bits per heavy atom. The second-order valence-corrected chi connectivity index (χ2v) is 8.55. The predicted molar refractivity (Wildman–Crippen MR) is 120 cm³/mol. The van der Waals surface area contributed by atoms with E-state index in [1.807, 2.05) is 38.2 Å². The van der Waals surface area contributed by atoms with Crippen LogP contribution in [0.1, 0.15) is 12.5 Å². The molecule has 3 heterocycles. The van der Waals surface area contributed by atoms with Crippen molar-refractivity contribution in [2.24, 2.45) is 5.41 Å². The Balaban J connectivity index is 1.66. The van der Waals surface area contributed by atoms with E-state index in [4.69, 9.17) is 4.74 Å². The topological polar surface area (TPSA) is 82.2 Å². The minimum atomic E-state index is -1.42. The minimum Gasteiger partial charge on any atom is -0.492 e. The lowest BCUT2D eigenvalue weighted by atomic mass is 9.67. The molecule has 2 fully saturated rings. The average molecular weight is 434 g/mol. The molecule has 5 rings (SSSR count). The highest BCUT2D eigenvalue weighted by Crippen LogP contribution is 2.46. The molecule has 0 unspecified atom stereocenters. The minimum absolute atomic E-state index is 0.240. The van der Waals surface area contributed by atoms with E-state index < -0.39 is 29.3 Å². The van der Waals surface area contributed by atoms with Gasteiger partial charge in [0.05, 0.1) is 18.3 Å². The van der Waals surface area contributed by atoms with Crippen molar-refractivity contribution in [3.05, 3.63) is 54.1 Å². The summed E-state index contributed by atoms with van der Waals surface area (Å²) < 4.78 is 5.69. The van der Waals surface area contributed by atoms with Crippen LogP contribution in [0.4, 0.5) is 16.2 Å². The molecule has 8 heteroatoms. The molecule has 3 aliphatic heterocycles. The SMILES string of the molecule is CCOc1ccccc1N1C(=O)NC(=O)[C@]2(Cc3ccccc3N3CCN(C)C[C@H]32)C1=O. The van der Waals surface area contributed by atoms with Gasteiger partial charge >= 0.3 is 6.03 Å². The Morgan fingerprint density at radius 1 is 1.03 bits per heavy atom. The largest absolute Gasteiger partial charge is 0.492 e. The van der Waals surface area contributed by atoms with Gasteiger partial charge in [0, 0.05) is 25.3 Å². The number of imide groups is 2. The summed E-state index contributed by atoms with van der Waals surface area (Å²) in [5.74, 6) is -0.604. The lowest BCUT2D eigenvalue weighted by Crippen LogP contribution is -2.75. The average Bonchev–Trinajstić information content (AvgIpc) is 2.78. The summed E-state index contributed by atoms with van der Waals surface area (Å²) in [4.78, 5) is 46.0. The summed E-state index contributed by atoms with van der Waals surface area (Å²) >= 11 is 0. The number of nitrogens with one attached hydrogen (secondary N) is 1. The number of hydrogen-bond donors (Lipinski definition) is 1. The van der Waals surface area contributed by atoms with Gasteiger partial charge in [-0.05, 0) is 44.2 Å². The first-order valence-electron chi connectivity index (χ1n) is 10.9. The van der Waals surface area contributed by atoms with E-state index in [9.17, 15) is 14.4 Å². The first-order chi connectivity index (χ1) is 15.5. The monoisotopic (exact) mass is 434 g/mol. The molecule has 2 saturated heterocycles. The summed E-state index contributed by atoms with van der Waals surface area (Å²) in [6.07, 6.45) is 0.240. The number of anilines is 2. The lowest BCUT2D eigenvalue weighted by molar-refractivity contribution is -0.145. The summed E-state index contributed by atoms with van der Waals surface area (Å²) in [7, 11) is 1.99. The molecule has 32 heavy (non-hydrogen) atoms. The van der Waals surface area contributed by atoms with Crippen molar-refractivity contribution in [3.8, 4) is 5.75 Å². The molecule has 166 valence electrons. The number of fused-ring (bicyclic) bond motifs is 4. The summed E-state index contributed by atoms with van der Waals surface area (Å²) in [5, 5.41) is 2.49. The number of benzene rings is 2. The van der Waals surface area contributed by atoms with Crippen molar-refractivity contribution in [1.29, 1.82) is 0 Å². The third-order valence-corrected chi connectivity index (χ3v) is 6.74. The molecule has 0 radical (unpaired) electrons. The van der Waals surface area contributed by atoms with Gasteiger partial charge in [0.15, 0.2) is 5.41 Å². The predicted octanol–water partition coefficient (Wildman–Crippen LogP) is 2.03. The van der Waals surface area contributed by atoms with E-state index in [1.54, 1.807) is 24.3 Å². The van der Waals surface area contributed by atoms with E-state index in [-0.39, 0.29) is 6.42 Å². The van der Waals surface area contributed by atoms with Crippen LogP contribution in [0.5, 0.6) is 5.75 Å². The number of carbonyl (C=O) groups excluding carboxylic acids is 3. The summed E-state index contributed by atoms with van der Waals surface area (Å²) in [6.45, 7) is 4.30. The normalized spacial score (nSPS) is 25.4. The highest BCUT2D eigenvalue weighted by atomic mass is 16.5. The molecule has 2 aromatic carbocycles. The van der Waals surface area contributed by atoms with Gasteiger partial charge in [-0.2, -0.15) is 0 Å². The number of carbonyl (C=O) groups is 3. The summed E-state index contributed by atoms with van der Waals surface area (Å²) in [6, 6.07) is 13.7. The molecule has 0 bridgehead atoms. The molecule has 0 saturated carbocycles. The van der Waals surface area contributed by atoms with Crippen LogP contribution in [0.2, 0.25) is 0 Å². The number of urea groups is 1. The van der Waals surface area contributed by atoms with Crippen molar-refractivity contribution < 1.29 is 19.1 Å². The fourth-order valence-electron chi connectivity index (χ4n) is 5.23. The Morgan fingerprint density at radius 2 is 1.75 bits per heavy atom. The van der Waals surface area contributed by atoms with Gasteiger partial charge < -0.3 is 14.5 Å². The molecule has 1 spiro atoms. The number of rotatable bonds is 3. The maximum absolute atomic E-state index is 14.2. The van der Waals surface area contributed by atoms with E-state index >= 15 is 0 Å². The van der Waals surface area contributed by atoms with Crippen LogP contribution in [0.15, 0.2) is 48.5 Å². The van der Waals surface area contributed by atoms with E-state index in [0.717, 1.165) is 22.7 Å². The standard InChI is InChI=1S/C24H26N4O4/c1-3-32-19-11-7-6-10-18(19)28-22(30)24(21(29)25-23(28)31)14-16-8-4-5-9-17(16)27-13-12-26(2)15-20(24)27/h4-11,20H,3,12-15H2,1-2H3,(H,25,29,31)/t20-,24+/m0/s1. The van der Waals surface area contributed by atoms with Gasteiger partial charge in [-0.3, -0.25) is 14.9 Å². The molecule has 8 nitrogen and oxygen atoms in total. The molecule has 1 N–H and O–H groups in total. The number of hydrogen-bond acceptors (Lipinski definition) is 6. The van der Waals surface area contributed by atoms with Crippen LogP contribution in [0.25, 0.3) is 0 Å². The Hall–Kier alpha value is -3.39. The van der Waals surface area contributed by atoms with E-state index in [0.29, 0.717) is 31.1 Å². The van der Waals surface area contributed by atoms with Crippen LogP contribution in [0, 0.1) is 5.41 Å². The highest BCUT2D eigenvalue weighted by Gasteiger charge is 2.63. The Bertz CT molecular complexity index is 1100. The van der Waals surface area contributed by atoms with Gasteiger partial charge in [0.1, 0.15) is 5.75 Å². The van der Waals surface area contributed by atoms with Crippen LogP contribution in [0.3, 0.4) is 0 Å². The number of para-hydroxylation sites is 3. The summed E-state index contributed by atoms with van der Waals surface area (Å²) in [5.41, 5.74) is 0.911. The van der Waals surface area contributed by atoms with Crippen molar-refractivity contribution >= 4 is 29.2 Å². The number of ether oxygens (including phenoxy) is 1. The van der Waals surface area contributed by atoms with Crippen molar-refractivity contribution in [3.63, 3.8) is 0 Å². The van der Waals surface area contributed by atoms with Gasteiger partial charge in [0.25, 0.3) is 5.91 Å². The zero-order chi connectivity index (χ0) is 22.5. The number of nitrogens with zero attached hydrogens (tertiary/aromatic N) is 3. The van der Waals surface area contributed by atoms with Gasteiger partial charge in [-0.15, -0.1) is 0 Å². The lowest BCUT2D eigenvalue weighted by Gasteiger charge is -2.55. The zero-order valence-corrected chi connectivity index (χ0v) is 18.2. The third-order valence-electron chi connectivity index (χ3n) is 6.74. The Labute approximate surface area is 186 Å². The third kappa shape index (κ3) is 2.90. The fraction of sp³-hybridized carbons (Fsp3) is 0.375. The molecule has 0 aliphatic carbocycles. The molecule has 0 aromatic heterocycles. The number of barbiturate groups is 1. The highest BCUT2D eigenvalue weighted by molar-refractivity contribution is 6.31. The molecular weight excluding hydrogens is 408 g/mol. The van der Waals surface area contributed by atoms with Crippen molar-refractivity contribution in [2.75, 3.05) is 43.1 Å². The van der Waals surface area contributed by atoms with E-state index in [2.05, 4.69) is 15.1 Å². The molecule has 3 aliphatic rings. The van der Waals surface area contributed by atoms with Crippen molar-refractivity contribution in [2.45, 2.75) is 19.4 Å². The second kappa shape index (κ2) is 7.63. The fourth-order valence-corrected chi connectivity index (χ4v) is 5.23. The maximum atomic E-state index is 14.2. The number of piperazine rings is 1. The smallest absolute Gasteiger partial charge is 0.335 e. The zero-order valence-electron chi connectivity index (χ0n) is 18.2. The maximum Gasteiger partial charge on any atom is 0.335 e. The van der Waals surface area contributed by atoms with Gasteiger partial charge in [-0.1, -0.05) is 30.3 Å². The second-order valence-electron chi connectivity index (χ2n) is 8.55. The molecule has 2 atom stereocenters. The van der Waals surface area contributed by atoms with Crippen LogP contribution >= 0.6 is 0 Å². The number of amides is 4.